The smallest absolute Gasteiger partial charge is 0.328 e. The first-order valence-corrected chi connectivity index (χ1v) is 18.2. The van der Waals surface area contributed by atoms with Gasteiger partial charge >= 0.3 is 5.69 Å². The number of halogens is 2. The lowest BCUT2D eigenvalue weighted by molar-refractivity contribution is 0.160. The molecular weight excluding hydrogens is 639 g/mol. The Morgan fingerprint density at radius 1 is 0.837 bits per heavy atom. The Morgan fingerprint density at radius 2 is 1.51 bits per heavy atom. The number of nitrogens with one attached hydrogen (secondary N) is 1. The average Bonchev–Trinajstić information content (AvgIpc) is 3.66. The molecule has 3 heterocycles. The number of nitrogens with zero attached hydrogens (tertiary/aromatic N) is 5. The first-order valence-electron chi connectivity index (χ1n) is 16.3. The van der Waals surface area contributed by atoms with Gasteiger partial charge < -0.3 is 9.41 Å². The van der Waals surface area contributed by atoms with Crippen LogP contribution in [0.4, 0.5) is 8.78 Å². The molecule has 0 aliphatic heterocycles. The van der Waals surface area contributed by atoms with E-state index in [9.17, 15) is 9.18 Å². The number of imidazole rings is 2. The summed E-state index contributed by atoms with van der Waals surface area (Å²) in [4.78, 5) is 30.1. The molecule has 0 amide bonds. The molecule has 1 N–H and O–H groups in total. The van der Waals surface area contributed by atoms with Crippen LogP contribution in [-0.4, -0.2) is 37.4 Å². The molecular formula is C38H34F2N6O2Si. The van der Waals surface area contributed by atoms with Crippen LogP contribution in [0, 0.1) is 11.6 Å². The van der Waals surface area contributed by atoms with Crippen molar-refractivity contribution < 1.29 is 13.2 Å². The fraction of sp³-hybridized carbons (Fsp3) is 0.211. The number of H-pyrrole nitrogens is 1. The Bertz CT molecular complexity index is 2340. The van der Waals surface area contributed by atoms with E-state index < -0.39 is 26.0 Å². The molecule has 0 saturated heterocycles. The first kappa shape index (κ1) is 31.0. The van der Waals surface area contributed by atoms with Crippen molar-refractivity contribution in [2.24, 2.45) is 0 Å². The number of fused-ring (bicyclic) bond motifs is 3. The van der Waals surface area contributed by atoms with Crippen LogP contribution in [0.15, 0.2) is 114 Å². The SMILES string of the molecule is CC(C)(C)[Si](O[C@@H]1CC[C@@H](n2c(=O)[nH]c3cnc(-n4cnc5ccc(F)cc54)nc32)c2cc(F)ccc21)(c1ccccc1)c1ccccc1. The van der Waals surface area contributed by atoms with E-state index in [4.69, 9.17) is 9.41 Å². The van der Waals surface area contributed by atoms with Crippen LogP contribution >= 0.6 is 0 Å². The van der Waals surface area contributed by atoms with Crippen molar-refractivity contribution in [3.63, 3.8) is 0 Å². The lowest BCUT2D eigenvalue weighted by atomic mass is 9.85. The highest BCUT2D eigenvalue weighted by Gasteiger charge is 2.52. The molecule has 0 fully saturated rings. The van der Waals surface area contributed by atoms with Crippen molar-refractivity contribution in [1.29, 1.82) is 0 Å². The summed E-state index contributed by atoms with van der Waals surface area (Å²) in [5.74, 6) is -0.578. The first-order chi connectivity index (χ1) is 23.6. The lowest BCUT2D eigenvalue weighted by Gasteiger charge is -2.46. The van der Waals surface area contributed by atoms with Crippen molar-refractivity contribution in [2.75, 3.05) is 0 Å². The Labute approximate surface area is 282 Å². The average molecular weight is 673 g/mol. The maximum Gasteiger partial charge on any atom is 0.328 e. The molecule has 4 aromatic carbocycles. The van der Waals surface area contributed by atoms with E-state index >= 15 is 4.39 Å². The molecule has 246 valence electrons. The summed E-state index contributed by atoms with van der Waals surface area (Å²) in [7, 11) is -2.95. The van der Waals surface area contributed by atoms with Gasteiger partial charge in [-0.3, -0.25) is 9.13 Å². The summed E-state index contributed by atoms with van der Waals surface area (Å²) >= 11 is 0. The summed E-state index contributed by atoms with van der Waals surface area (Å²) in [6.45, 7) is 6.70. The topological polar surface area (TPSA) is 90.6 Å². The van der Waals surface area contributed by atoms with Gasteiger partial charge in [0.1, 0.15) is 23.5 Å². The van der Waals surface area contributed by atoms with Gasteiger partial charge in [-0.1, -0.05) is 87.5 Å². The van der Waals surface area contributed by atoms with Gasteiger partial charge in [-0.15, -0.1) is 0 Å². The van der Waals surface area contributed by atoms with Gasteiger partial charge in [-0.25, -0.2) is 23.5 Å². The molecule has 2 atom stereocenters. The monoisotopic (exact) mass is 672 g/mol. The van der Waals surface area contributed by atoms with Gasteiger partial charge in [-0.2, -0.15) is 4.98 Å². The van der Waals surface area contributed by atoms with Crippen molar-refractivity contribution in [3.8, 4) is 5.95 Å². The van der Waals surface area contributed by atoms with E-state index in [0.717, 1.165) is 15.9 Å². The van der Waals surface area contributed by atoms with Crippen LogP contribution in [0.2, 0.25) is 5.04 Å². The van der Waals surface area contributed by atoms with Crippen LogP contribution in [0.5, 0.6) is 0 Å². The number of aromatic nitrogens is 6. The van der Waals surface area contributed by atoms with Gasteiger partial charge in [0.05, 0.1) is 29.4 Å². The second-order valence-electron chi connectivity index (χ2n) is 13.6. The third-order valence-corrected chi connectivity index (χ3v) is 14.7. The molecule has 0 spiro atoms. The van der Waals surface area contributed by atoms with Crippen molar-refractivity contribution in [3.05, 3.63) is 143 Å². The fourth-order valence-corrected chi connectivity index (χ4v) is 12.2. The number of rotatable bonds is 6. The van der Waals surface area contributed by atoms with Crippen LogP contribution in [0.1, 0.15) is 56.9 Å². The molecule has 0 bridgehead atoms. The molecule has 11 heteroatoms. The quantitative estimate of drug-likeness (QED) is 0.198. The Morgan fingerprint density at radius 3 is 2.20 bits per heavy atom. The van der Waals surface area contributed by atoms with Gasteiger partial charge in [-0.05, 0) is 63.6 Å². The van der Waals surface area contributed by atoms with Gasteiger partial charge in [0.15, 0.2) is 5.65 Å². The van der Waals surface area contributed by atoms with Crippen molar-refractivity contribution >= 4 is 40.9 Å². The van der Waals surface area contributed by atoms with E-state index in [1.54, 1.807) is 21.3 Å². The normalized spacial score (nSPS) is 16.7. The molecule has 3 aromatic heterocycles. The zero-order valence-electron chi connectivity index (χ0n) is 27.3. The van der Waals surface area contributed by atoms with Crippen LogP contribution < -0.4 is 16.1 Å². The summed E-state index contributed by atoms with van der Waals surface area (Å²) in [6.07, 6.45) is 3.81. The third kappa shape index (κ3) is 5.12. The highest BCUT2D eigenvalue weighted by Crippen LogP contribution is 2.46. The van der Waals surface area contributed by atoms with E-state index in [1.165, 1.54) is 36.8 Å². The number of benzene rings is 4. The minimum atomic E-state index is -2.95. The van der Waals surface area contributed by atoms with Crippen LogP contribution in [-0.2, 0) is 4.43 Å². The van der Waals surface area contributed by atoms with Crippen LogP contribution in [0.3, 0.4) is 0 Å². The van der Waals surface area contributed by atoms with E-state index in [1.807, 2.05) is 12.1 Å². The number of aromatic amines is 1. The summed E-state index contributed by atoms with van der Waals surface area (Å²) in [6, 6.07) is 29.4. The summed E-state index contributed by atoms with van der Waals surface area (Å²) in [5, 5.41) is 2.06. The molecule has 8 nitrogen and oxygen atoms in total. The second kappa shape index (κ2) is 11.7. The minimum Gasteiger partial charge on any atom is -0.400 e. The van der Waals surface area contributed by atoms with Crippen molar-refractivity contribution in [2.45, 2.75) is 50.8 Å². The second-order valence-corrected chi connectivity index (χ2v) is 17.8. The lowest BCUT2D eigenvalue weighted by Crippen LogP contribution is -2.67. The number of hydrogen-bond acceptors (Lipinski definition) is 5. The third-order valence-electron chi connectivity index (χ3n) is 9.67. The summed E-state index contributed by atoms with van der Waals surface area (Å²) < 4.78 is 40.0. The molecule has 0 unspecified atom stereocenters. The van der Waals surface area contributed by atoms with Crippen molar-refractivity contribution in [1.82, 2.24) is 29.1 Å². The largest absolute Gasteiger partial charge is 0.400 e. The highest BCUT2D eigenvalue weighted by molar-refractivity contribution is 6.99. The Balaban J connectivity index is 1.25. The predicted molar refractivity (Wildman–Crippen MR) is 188 cm³/mol. The molecule has 7 aromatic rings. The molecule has 49 heavy (non-hydrogen) atoms. The number of hydrogen-bond donors (Lipinski definition) is 1. The molecule has 0 radical (unpaired) electrons. The highest BCUT2D eigenvalue weighted by atomic mass is 28.4. The summed E-state index contributed by atoms with van der Waals surface area (Å²) in [5.41, 5.74) is 3.02. The van der Waals surface area contributed by atoms with Gasteiger partial charge in [0.2, 0.25) is 5.95 Å². The van der Waals surface area contributed by atoms with Crippen LogP contribution in [0.25, 0.3) is 28.1 Å². The Hall–Kier alpha value is -5.26. The van der Waals surface area contributed by atoms with Gasteiger partial charge in [0.25, 0.3) is 8.32 Å². The molecule has 8 rings (SSSR count). The molecule has 0 saturated carbocycles. The van der Waals surface area contributed by atoms with E-state index in [-0.39, 0.29) is 22.8 Å². The standard InChI is InChI=1S/C38H34F2N6O2Si/c1-38(2,3)49(26-10-6-4-7-11-26,27-12-8-5-9-13-27)48-34-19-18-32(29-20-24(39)14-16-28(29)34)46-35-31(43-37(46)47)22-41-36(44-35)45-23-42-30-17-15-25(40)21-33(30)45/h4-17,20-23,32,34H,18-19H2,1-3H3,(H,43,47)/t32-,34-/m1/s1. The minimum absolute atomic E-state index is 0.233. The molecule has 1 aliphatic carbocycles. The molecule has 1 aliphatic rings. The van der Waals surface area contributed by atoms with E-state index in [0.29, 0.717) is 40.6 Å². The maximum atomic E-state index is 15.1. The zero-order valence-corrected chi connectivity index (χ0v) is 28.3. The maximum absolute atomic E-state index is 15.1. The zero-order chi connectivity index (χ0) is 33.9. The predicted octanol–water partition coefficient (Wildman–Crippen LogP) is 6.74. The Kier molecular flexibility index (Phi) is 7.42. The fourth-order valence-electron chi connectivity index (χ4n) is 7.50. The van der Waals surface area contributed by atoms with Gasteiger partial charge in [0, 0.05) is 6.07 Å². The van der Waals surface area contributed by atoms with E-state index in [2.05, 4.69) is 84.3 Å².